The van der Waals surface area contributed by atoms with Crippen molar-refractivity contribution < 1.29 is 8.78 Å². The van der Waals surface area contributed by atoms with Gasteiger partial charge in [0.05, 0.1) is 0 Å². The fourth-order valence-electron chi connectivity index (χ4n) is 2.75. The summed E-state index contributed by atoms with van der Waals surface area (Å²) >= 11 is 0. The third-order valence-electron chi connectivity index (χ3n) is 3.73. The number of guanidine groups is 2. The summed E-state index contributed by atoms with van der Waals surface area (Å²) in [5.41, 5.74) is 5.71. The minimum absolute atomic E-state index is 0.289. The number of nitrogens with one attached hydrogen (secondary N) is 2. The van der Waals surface area contributed by atoms with E-state index in [0.717, 1.165) is 37.8 Å². The van der Waals surface area contributed by atoms with E-state index in [0.29, 0.717) is 11.6 Å². The van der Waals surface area contributed by atoms with Crippen LogP contribution < -0.4 is 16.4 Å². The number of hydrogen-bond donors (Lipinski definition) is 3. The lowest BCUT2D eigenvalue weighted by Crippen LogP contribution is -2.49. The minimum Gasteiger partial charge on any atom is -0.370 e. The smallest absolute Gasteiger partial charge is 0.205 e. The van der Waals surface area contributed by atoms with Gasteiger partial charge in [0.1, 0.15) is 0 Å². The van der Waals surface area contributed by atoms with Crippen LogP contribution in [0.15, 0.2) is 28.2 Å². The van der Waals surface area contributed by atoms with E-state index < -0.39 is 17.3 Å². The summed E-state index contributed by atoms with van der Waals surface area (Å²) in [5.74, 6) is -1.10. The fraction of sp³-hybridized carbons (Fsp3) is 0.429. The molecule has 5 nitrogen and oxygen atoms in total. The van der Waals surface area contributed by atoms with Gasteiger partial charge in [0.15, 0.2) is 23.3 Å². The summed E-state index contributed by atoms with van der Waals surface area (Å²) in [6.07, 6.45) is 4.97. The van der Waals surface area contributed by atoms with Crippen LogP contribution in [0.5, 0.6) is 0 Å². The van der Waals surface area contributed by atoms with Crippen LogP contribution in [0.3, 0.4) is 0 Å². The first-order chi connectivity index (χ1) is 10.1. The summed E-state index contributed by atoms with van der Waals surface area (Å²) < 4.78 is 26.2. The molecule has 1 fully saturated rings. The highest BCUT2D eigenvalue weighted by atomic mass is 19.2. The summed E-state index contributed by atoms with van der Waals surface area (Å²) in [6, 6.07) is 3.59. The summed E-state index contributed by atoms with van der Waals surface area (Å²) in [6.45, 7) is 0. The van der Waals surface area contributed by atoms with Crippen molar-refractivity contribution in [2.45, 2.75) is 37.8 Å². The molecule has 0 aromatic heterocycles. The Hall–Kier alpha value is -2.18. The van der Waals surface area contributed by atoms with Gasteiger partial charge < -0.3 is 11.1 Å². The molecule has 1 aliphatic carbocycles. The molecule has 1 spiro atoms. The zero-order valence-electron chi connectivity index (χ0n) is 11.5. The van der Waals surface area contributed by atoms with Crippen molar-refractivity contribution in [1.82, 2.24) is 5.32 Å². The molecular weight excluding hydrogens is 276 g/mol. The molecule has 1 aliphatic heterocycles. The molecule has 0 unspecified atom stereocenters. The van der Waals surface area contributed by atoms with E-state index in [9.17, 15) is 8.78 Å². The number of anilines is 1. The highest BCUT2D eigenvalue weighted by molar-refractivity contribution is 6.06. The van der Waals surface area contributed by atoms with Gasteiger partial charge in [-0.3, -0.25) is 5.32 Å². The predicted octanol–water partition coefficient (Wildman–Crippen LogP) is 2.31. The Labute approximate surface area is 121 Å². The number of halogens is 2. The lowest BCUT2D eigenvalue weighted by atomic mass is 9.90. The number of nitrogens with zero attached hydrogens (tertiary/aromatic N) is 2. The van der Waals surface area contributed by atoms with E-state index >= 15 is 0 Å². The average molecular weight is 293 g/mol. The highest BCUT2D eigenvalue weighted by Crippen LogP contribution is 2.34. The van der Waals surface area contributed by atoms with Crippen molar-refractivity contribution in [1.29, 1.82) is 0 Å². The van der Waals surface area contributed by atoms with E-state index in [1.807, 2.05) is 0 Å². The first-order valence-electron chi connectivity index (χ1n) is 7.01. The van der Waals surface area contributed by atoms with Crippen molar-refractivity contribution >= 4 is 17.6 Å². The van der Waals surface area contributed by atoms with E-state index in [-0.39, 0.29) is 5.96 Å². The Morgan fingerprint density at radius 3 is 2.57 bits per heavy atom. The highest BCUT2D eigenvalue weighted by Gasteiger charge is 2.34. The fourth-order valence-corrected chi connectivity index (χ4v) is 2.75. The largest absolute Gasteiger partial charge is 0.370 e. The Bertz CT molecular complexity index is 605. The Morgan fingerprint density at radius 2 is 1.86 bits per heavy atom. The molecule has 21 heavy (non-hydrogen) atoms. The molecule has 0 amide bonds. The van der Waals surface area contributed by atoms with E-state index in [4.69, 9.17) is 5.73 Å². The Balaban J connectivity index is 1.82. The van der Waals surface area contributed by atoms with Crippen molar-refractivity contribution in [3.63, 3.8) is 0 Å². The van der Waals surface area contributed by atoms with Crippen LogP contribution in [0.1, 0.15) is 32.1 Å². The molecule has 1 saturated carbocycles. The number of nitrogens with two attached hydrogens (primary N) is 1. The number of rotatable bonds is 1. The van der Waals surface area contributed by atoms with Crippen LogP contribution in [0.4, 0.5) is 14.5 Å². The van der Waals surface area contributed by atoms with Crippen LogP contribution >= 0.6 is 0 Å². The second-order valence-electron chi connectivity index (χ2n) is 5.38. The molecule has 1 aromatic carbocycles. The molecule has 4 N–H and O–H groups in total. The predicted molar refractivity (Wildman–Crippen MR) is 78.0 cm³/mol. The molecule has 1 aromatic rings. The average Bonchev–Trinajstić information content (AvgIpc) is 2.43. The molecule has 112 valence electrons. The molecule has 1 heterocycles. The molecule has 0 bridgehead atoms. The van der Waals surface area contributed by atoms with E-state index in [2.05, 4.69) is 20.6 Å². The van der Waals surface area contributed by atoms with Gasteiger partial charge in [0.25, 0.3) is 0 Å². The van der Waals surface area contributed by atoms with Gasteiger partial charge in [-0.2, -0.15) is 0 Å². The SMILES string of the molecule is NC1=NC2(CCCCC2)N=C(Nc2ccc(F)c(F)c2)N1. The second kappa shape index (κ2) is 5.31. The molecular formula is C14H17F2N5. The monoisotopic (exact) mass is 293 g/mol. The normalized spacial score (nSPS) is 20.5. The lowest BCUT2D eigenvalue weighted by Gasteiger charge is -2.34. The zero-order valence-corrected chi connectivity index (χ0v) is 11.5. The Kier molecular flexibility index (Phi) is 3.48. The van der Waals surface area contributed by atoms with Crippen LogP contribution in [0.2, 0.25) is 0 Å². The van der Waals surface area contributed by atoms with Gasteiger partial charge in [0.2, 0.25) is 5.96 Å². The lowest BCUT2D eigenvalue weighted by molar-refractivity contribution is 0.307. The number of hydrogen-bond acceptors (Lipinski definition) is 5. The maximum atomic E-state index is 13.2. The van der Waals surface area contributed by atoms with Crippen molar-refractivity contribution in [3.8, 4) is 0 Å². The Morgan fingerprint density at radius 1 is 1.10 bits per heavy atom. The third-order valence-corrected chi connectivity index (χ3v) is 3.73. The summed E-state index contributed by atoms with van der Waals surface area (Å²) in [5, 5.41) is 5.74. The van der Waals surface area contributed by atoms with Gasteiger partial charge in [-0.05, 0) is 37.8 Å². The van der Waals surface area contributed by atoms with E-state index in [1.54, 1.807) is 0 Å². The van der Waals surface area contributed by atoms with Crippen molar-refractivity contribution in [3.05, 3.63) is 29.8 Å². The van der Waals surface area contributed by atoms with Gasteiger partial charge >= 0.3 is 0 Å². The third kappa shape index (κ3) is 2.96. The molecule has 0 radical (unpaired) electrons. The number of aliphatic imine (C=N–C) groups is 2. The topological polar surface area (TPSA) is 74.8 Å². The maximum absolute atomic E-state index is 13.2. The zero-order chi connectivity index (χ0) is 14.9. The first-order valence-corrected chi connectivity index (χ1v) is 7.01. The molecule has 3 rings (SSSR count). The molecule has 7 heteroatoms. The van der Waals surface area contributed by atoms with Crippen LogP contribution in [-0.4, -0.2) is 17.6 Å². The summed E-state index contributed by atoms with van der Waals surface area (Å²) in [7, 11) is 0. The van der Waals surface area contributed by atoms with Gasteiger partial charge in [0, 0.05) is 11.8 Å². The standard InChI is InChI=1S/C14H17F2N5/c15-10-5-4-9(8-11(10)16)18-13-19-12(17)20-14(21-13)6-2-1-3-7-14/h4-5,8H,1-3,6-7H2,(H4,17,18,19,20,21). The van der Waals surface area contributed by atoms with Crippen molar-refractivity contribution in [2.24, 2.45) is 15.7 Å². The second-order valence-corrected chi connectivity index (χ2v) is 5.38. The van der Waals surface area contributed by atoms with Gasteiger partial charge in [-0.15, -0.1) is 0 Å². The van der Waals surface area contributed by atoms with Gasteiger partial charge in [-0.1, -0.05) is 6.42 Å². The quantitative estimate of drug-likeness (QED) is 0.744. The summed E-state index contributed by atoms with van der Waals surface area (Å²) in [4.78, 5) is 9.00. The molecule has 0 saturated heterocycles. The van der Waals surface area contributed by atoms with Crippen molar-refractivity contribution in [2.75, 3.05) is 5.32 Å². The molecule has 2 aliphatic rings. The van der Waals surface area contributed by atoms with Gasteiger partial charge in [-0.25, -0.2) is 18.8 Å². The number of benzene rings is 1. The van der Waals surface area contributed by atoms with E-state index in [1.165, 1.54) is 12.5 Å². The van der Waals surface area contributed by atoms with Crippen LogP contribution in [-0.2, 0) is 0 Å². The maximum Gasteiger partial charge on any atom is 0.205 e. The molecule has 0 atom stereocenters. The van der Waals surface area contributed by atoms with Crippen LogP contribution in [0.25, 0.3) is 0 Å². The first kappa shape index (κ1) is 13.8. The van der Waals surface area contributed by atoms with Crippen LogP contribution in [0, 0.1) is 11.6 Å². The minimum atomic E-state index is -0.912.